The van der Waals surface area contributed by atoms with E-state index >= 15 is 0 Å². The third-order valence-electron chi connectivity index (χ3n) is 4.36. The molecule has 0 saturated carbocycles. The normalized spacial score (nSPS) is 10.6. The molecule has 0 bridgehead atoms. The lowest BCUT2D eigenvalue weighted by atomic mass is 10.2. The molecular weight excluding hydrogens is 402 g/mol. The number of hydrogen-bond acceptors (Lipinski definition) is 5. The van der Waals surface area contributed by atoms with Crippen LogP contribution in [0.5, 0.6) is 5.75 Å². The van der Waals surface area contributed by atoms with E-state index in [1.54, 1.807) is 18.2 Å². The van der Waals surface area contributed by atoms with Crippen LogP contribution >= 0.6 is 11.6 Å². The Morgan fingerprint density at radius 3 is 2.43 bits per heavy atom. The van der Waals surface area contributed by atoms with Crippen molar-refractivity contribution in [2.75, 3.05) is 6.61 Å². The number of aromatic nitrogens is 2. The number of para-hydroxylation sites is 1. The SMILES string of the molecule is O=C(COc1ccccc1-c1nnc(-c2ccccc2)o1)NCc1ccccc1Cl. The van der Waals surface area contributed by atoms with Crippen LogP contribution in [0.25, 0.3) is 22.9 Å². The van der Waals surface area contributed by atoms with Gasteiger partial charge in [0.1, 0.15) is 5.75 Å². The molecule has 1 amide bonds. The summed E-state index contributed by atoms with van der Waals surface area (Å²) in [6.45, 7) is 0.175. The number of benzene rings is 3. The van der Waals surface area contributed by atoms with Crippen molar-refractivity contribution < 1.29 is 13.9 Å². The van der Waals surface area contributed by atoms with Crippen LogP contribution in [0.2, 0.25) is 5.02 Å². The molecule has 0 unspecified atom stereocenters. The molecule has 0 atom stereocenters. The second kappa shape index (κ2) is 9.24. The van der Waals surface area contributed by atoms with Gasteiger partial charge >= 0.3 is 0 Å². The van der Waals surface area contributed by atoms with Gasteiger partial charge in [0.25, 0.3) is 11.8 Å². The van der Waals surface area contributed by atoms with Crippen LogP contribution in [0.3, 0.4) is 0 Å². The predicted octanol–water partition coefficient (Wildman–Crippen LogP) is 4.75. The summed E-state index contributed by atoms with van der Waals surface area (Å²) in [7, 11) is 0. The van der Waals surface area contributed by atoms with Gasteiger partial charge in [-0.1, -0.05) is 60.1 Å². The molecule has 1 N–H and O–H groups in total. The summed E-state index contributed by atoms with van der Waals surface area (Å²) in [6, 6.07) is 24.1. The largest absolute Gasteiger partial charge is 0.483 e. The second-order valence-corrected chi connectivity index (χ2v) is 6.84. The highest BCUT2D eigenvalue weighted by atomic mass is 35.5. The van der Waals surface area contributed by atoms with E-state index in [2.05, 4.69) is 15.5 Å². The van der Waals surface area contributed by atoms with Gasteiger partial charge in [0.2, 0.25) is 5.89 Å². The minimum atomic E-state index is -0.264. The highest BCUT2D eigenvalue weighted by molar-refractivity contribution is 6.31. The van der Waals surface area contributed by atoms with Crippen LogP contribution in [0.1, 0.15) is 5.56 Å². The third-order valence-corrected chi connectivity index (χ3v) is 4.72. The van der Waals surface area contributed by atoms with Crippen LogP contribution in [-0.4, -0.2) is 22.7 Å². The summed E-state index contributed by atoms with van der Waals surface area (Å²) < 4.78 is 11.5. The van der Waals surface area contributed by atoms with Gasteiger partial charge in [-0.15, -0.1) is 10.2 Å². The first kappa shape index (κ1) is 19.7. The zero-order chi connectivity index (χ0) is 20.8. The van der Waals surface area contributed by atoms with E-state index < -0.39 is 0 Å². The lowest BCUT2D eigenvalue weighted by molar-refractivity contribution is -0.123. The fourth-order valence-corrected chi connectivity index (χ4v) is 3.03. The van der Waals surface area contributed by atoms with E-state index in [1.807, 2.05) is 60.7 Å². The van der Waals surface area contributed by atoms with Crippen LogP contribution < -0.4 is 10.1 Å². The molecule has 3 aromatic carbocycles. The molecule has 0 spiro atoms. The number of nitrogens with zero attached hydrogens (tertiary/aromatic N) is 2. The average Bonchev–Trinajstić information content (AvgIpc) is 3.28. The molecule has 0 saturated heterocycles. The Morgan fingerprint density at radius 1 is 0.900 bits per heavy atom. The Hall–Kier alpha value is -3.64. The molecule has 0 radical (unpaired) electrons. The Labute approximate surface area is 178 Å². The number of amides is 1. The van der Waals surface area contributed by atoms with Crippen LogP contribution in [-0.2, 0) is 11.3 Å². The predicted molar refractivity (Wildman–Crippen MR) is 114 cm³/mol. The Morgan fingerprint density at radius 2 is 1.60 bits per heavy atom. The van der Waals surface area contributed by atoms with Gasteiger partial charge in [0.05, 0.1) is 5.56 Å². The molecule has 6 nitrogen and oxygen atoms in total. The molecule has 30 heavy (non-hydrogen) atoms. The van der Waals surface area contributed by atoms with Gasteiger partial charge in [-0.25, -0.2) is 0 Å². The quantitative estimate of drug-likeness (QED) is 0.467. The summed E-state index contributed by atoms with van der Waals surface area (Å²) >= 11 is 6.11. The molecular formula is C23H18ClN3O3. The molecule has 1 heterocycles. The van der Waals surface area contributed by atoms with Gasteiger partial charge in [0, 0.05) is 17.1 Å². The van der Waals surface area contributed by atoms with Crippen molar-refractivity contribution in [1.29, 1.82) is 0 Å². The number of ether oxygens (including phenoxy) is 1. The van der Waals surface area contributed by atoms with Gasteiger partial charge in [-0.2, -0.15) is 0 Å². The van der Waals surface area contributed by atoms with Crippen molar-refractivity contribution in [2.24, 2.45) is 0 Å². The topological polar surface area (TPSA) is 77.2 Å². The van der Waals surface area contributed by atoms with Crippen molar-refractivity contribution in [3.63, 3.8) is 0 Å². The highest BCUT2D eigenvalue weighted by Crippen LogP contribution is 2.30. The average molecular weight is 420 g/mol. The second-order valence-electron chi connectivity index (χ2n) is 6.43. The molecule has 4 rings (SSSR count). The zero-order valence-corrected chi connectivity index (χ0v) is 16.7. The van der Waals surface area contributed by atoms with Crippen molar-refractivity contribution in [2.45, 2.75) is 6.54 Å². The smallest absolute Gasteiger partial charge is 0.258 e. The number of halogens is 1. The maximum atomic E-state index is 12.2. The first-order valence-electron chi connectivity index (χ1n) is 9.32. The maximum absolute atomic E-state index is 12.2. The van der Waals surface area contributed by atoms with E-state index in [4.69, 9.17) is 20.8 Å². The summed E-state index contributed by atoms with van der Waals surface area (Å²) in [5.41, 5.74) is 2.28. The van der Waals surface area contributed by atoms with Gasteiger partial charge in [-0.05, 0) is 35.9 Å². The monoisotopic (exact) mass is 419 g/mol. The number of carbonyl (C=O) groups is 1. The van der Waals surface area contributed by atoms with E-state index in [1.165, 1.54) is 0 Å². The summed E-state index contributed by atoms with van der Waals surface area (Å²) in [5.74, 6) is 0.952. The molecule has 150 valence electrons. The number of carbonyl (C=O) groups excluding carboxylic acids is 1. The Kier molecular flexibility index (Phi) is 6.06. The number of nitrogens with one attached hydrogen (secondary N) is 1. The maximum Gasteiger partial charge on any atom is 0.258 e. The third kappa shape index (κ3) is 4.67. The zero-order valence-electron chi connectivity index (χ0n) is 15.9. The van der Waals surface area contributed by atoms with Gasteiger partial charge in [-0.3, -0.25) is 4.79 Å². The Bertz CT molecular complexity index is 1150. The van der Waals surface area contributed by atoms with E-state index in [-0.39, 0.29) is 12.5 Å². The molecule has 7 heteroatoms. The standard InChI is InChI=1S/C23H18ClN3O3/c24-19-12-6-4-10-17(19)14-25-21(28)15-29-20-13-7-5-11-18(20)23-27-26-22(30-23)16-8-2-1-3-9-16/h1-13H,14-15H2,(H,25,28). The Balaban J connectivity index is 1.42. The highest BCUT2D eigenvalue weighted by Gasteiger charge is 2.15. The first-order chi connectivity index (χ1) is 14.7. The van der Waals surface area contributed by atoms with Crippen LogP contribution in [0.15, 0.2) is 83.3 Å². The van der Waals surface area contributed by atoms with Crippen molar-refractivity contribution >= 4 is 17.5 Å². The molecule has 1 aromatic heterocycles. The lowest BCUT2D eigenvalue weighted by Crippen LogP contribution is -2.28. The van der Waals surface area contributed by atoms with E-state index in [0.29, 0.717) is 34.7 Å². The minimum absolute atomic E-state index is 0.152. The summed E-state index contributed by atoms with van der Waals surface area (Å²) in [6.07, 6.45) is 0. The van der Waals surface area contributed by atoms with Crippen LogP contribution in [0, 0.1) is 0 Å². The fourth-order valence-electron chi connectivity index (χ4n) is 2.83. The summed E-state index contributed by atoms with van der Waals surface area (Å²) in [4.78, 5) is 12.2. The van der Waals surface area contributed by atoms with Gasteiger partial charge in [0.15, 0.2) is 6.61 Å². The molecule has 0 fully saturated rings. The molecule has 4 aromatic rings. The van der Waals surface area contributed by atoms with Crippen molar-refractivity contribution in [1.82, 2.24) is 15.5 Å². The van der Waals surface area contributed by atoms with E-state index in [0.717, 1.165) is 11.1 Å². The van der Waals surface area contributed by atoms with Gasteiger partial charge < -0.3 is 14.5 Å². The number of rotatable bonds is 7. The number of hydrogen-bond donors (Lipinski definition) is 1. The minimum Gasteiger partial charge on any atom is -0.483 e. The first-order valence-corrected chi connectivity index (χ1v) is 9.70. The molecule has 0 aliphatic heterocycles. The summed E-state index contributed by atoms with van der Waals surface area (Å²) in [5, 5.41) is 11.6. The fraction of sp³-hybridized carbons (Fsp3) is 0.0870. The molecule has 0 aliphatic rings. The van der Waals surface area contributed by atoms with E-state index in [9.17, 15) is 4.79 Å². The molecule has 0 aliphatic carbocycles. The van der Waals surface area contributed by atoms with Crippen molar-refractivity contribution in [3.8, 4) is 28.7 Å². The van der Waals surface area contributed by atoms with Crippen molar-refractivity contribution in [3.05, 3.63) is 89.4 Å². The lowest BCUT2D eigenvalue weighted by Gasteiger charge is -2.10. The van der Waals surface area contributed by atoms with Crippen LogP contribution in [0.4, 0.5) is 0 Å².